The summed E-state index contributed by atoms with van der Waals surface area (Å²) in [5, 5.41) is 11.5. The molecule has 0 aliphatic rings. The van der Waals surface area contributed by atoms with Crippen molar-refractivity contribution in [1.82, 2.24) is 4.90 Å². The van der Waals surface area contributed by atoms with E-state index in [9.17, 15) is 0 Å². The first-order chi connectivity index (χ1) is 6.54. The molecule has 0 aliphatic carbocycles. The maximum atomic E-state index is 8.52. The minimum atomic E-state index is -0.0631. The fourth-order valence-corrected chi connectivity index (χ4v) is 1.17. The highest BCUT2D eigenvalue weighted by molar-refractivity contribution is 5.84. The average molecular weight is 203 g/mol. The third-order valence-corrected chi connectivity index (χ3v) is 2.59. The lowest BCUT2D eigenvalue weighted by molar-refractivity contribution is 0.146. The molecule has 0 amide bonds. The molecule has 0 bridgehead atoms. The summed E-state index contributed by atoms with van der Waals surface area (Å²) in [4.78, 5) is 2.05. The quantitative estimate of drug-likeness (QED) is 0.285. The first kappa shape index (κ1) is 13.2. The van der Waals surface area contributed by atoms with Crippen LogP contribution in [-0.4, -0.2) is 48.8 Å². The first-order valence-corrected chi connectivity index (χ1v) is 4.72. The van der Waals surface area contributed by atoms with Crippen molar-refractivity contribution in [3.05, 3.63) is 0 Å². The van der Waals surface area contributed by atoms with Crippen LogP contribution in [0.3, 0.4) is 0 Å². The zero-order chi connectivity index (χ0) is 11.1. The highest BCUT2D eigenvalue weighted by Gasteiger charge is 2.18. The molecule has 0 rings (SSSR count). The van der Waals surface area contributed by atoms with Gasteiger partial charge in [0.25, 0.3) is 0 Å². The predicted octanol–water partition coefficient (Wildman–Crippen LogP) is 0.478. The molecule has 0 spiro atoms. The SMILES string of the molecule is COCCC(C)N(C)C(C)C(N)=NO. The number of rotatable bonds is 6. The van der Waals surface area contributed by atoms with E-state index in [4.69, 9.17) is 15.7 Å². The Balaban J connectivity index is 4.09. The van der Waals surface area contributed by atoms with Crippen LogP contribution in [0.4, 0.5) is 0 Å². The van der Waals surface area contributed by atoms with Gasteiger partial charge in [-0.1, -0.05) is 5.16 Å². The minimum Gasteiger partial charge on any atom is -0.409 e. The van der Waals surface area contributed by atoms with Gasteiger partial charge in [-0.15, -0.1) is 0 Å². The number of oxime groups is 1. The van der Waals surface area contributed by atoms with Gasteiger partial charge in [-0.2, -0.15) is 0 Å². The Hall–Kier alpha value is -0.810. The van der Waals surface area contributed by atoms with Crippen LogP contribution in [0.15, 0.2) is 5.16 Å². The summed E-state index contributed by atoms with van der Waals surface area (Å²) in [6.45, 7) is 4.70. The highest BCUT2D eigenvalue weighted by atomic mass is 16.5. The van der Waals surface area contributed by atoms with Gasteiger partial charge >= 0.3 is 0 Å². The minimum absolute atomic E-state index is 0.0631. The number of methoxy groups -OCH3 is 1. The lowest BCUT2D eigenvalue weighted by Gasteiger charge is -2.29. The van der Waals surface area contributed by atoms with Crippen LogP contribution in [0.25, 0.3) is 0 Å². The molecular weight excluding hydrogens is 182 g/mol. The number of ether oxygens (including phenoxy) is 1. The van der Waals surface area contributed by atoms with Gasteiger partial charge in [0.15, 0.2) is 5.84 Å². The first-order valence-electron chi connectivity index (χ1n) is 4.72. The van der Waals surface area contributed by atoms with E-state index in [1.54, 1.807) is 7.11 Å². The van der Waals surface area contributed by atoms with Crippen LogP contribution in [0, 0.1) is 0 Å². The second-order valence-electron chi connectivity index (χ2n) is 3.50. The van der Waals surface area contributed by atoms with Crippen molar-refractivity contribution in [2.45, 2.75) is 32.4 Å². The number of hydrogen-bond donors (Lipinski definition) is 2. The largest absolute Gasteiger partial charge is 0.409 e. The van der Waals surface area contributed by atoms with Crippen LogP contribution < -0.4 is 5.73 Å². The summed E-state index contributed by atoms with van der Waals surface area (Å²) < 4.78 is 4.99. The van der Waals surface area contributed by atoms with Crippen molar-refractivity contribution in [1.29, 1.82) is 0 Å². The Labute approximate surface area is 85.5 Å². The summed E-state index contributed by atoms with van der Waals surface area (Å²) >= 11 is 0. The third kappa shape index (κ3) is 3.93. The van der Waals surface area contributed by atoms with E-state index in [1.165, 1.54) is 0 Å². The zero-order valence-electron chi connectivity index (χ0n) is 9.40. The number of nitrogens with zero attached hydrogens (tertiary/aromatic N) is 2. The summed E-state index contributed by atoms with van der Waals surface area (Å²) in [7, 11) is 3.63. The molecule has 0 aliphatic heterocycles. The standard InChI is InChI=1S/C9H21N3O2/c1-7(5-6-14-4)12(3)8(2)9(10)11-13/h7-8,13H,5-6H2,1-4H3,(H2,10,11). The molecule has 0 radical (unpaired) electrons. The number of likely N-dealkylation sites (N-methyl/N-ethyl adjacent to an activating group) is 1. The molecule has 2 atom stereocenters. The number of nitrogens with two attached hydrogens (primary N) is 1. The Morgan fingerprint density at radius 2 is 2.14 bits per heavy atom. The third-order valence-electron chi connectivity index (χ3n) is 2.59. The van der Waals surface area contributed by atoms with E-state index < -0.39 is 0 Å². The smallest absolute Gasteiger partial charge is 0.156 e. The van der Waals surface area contributed by atoms with E-state index in [-0.39, 0.29) is 11.9 Å². The normalized spacial score (nSPS) is 17.1. The lowest BCUT2D eigenvalue weighted by atomic mass is 10.1. The van der Waals surface area contributed by atoms with Crippen molar-refractivity contribution in [2.75, 3.05) is 20.8 Å². The fourth-order valence-electron chi connectivity index (χ4n) is 1.17. The van der Waals surface area contributed by atoms with Crippen LogP contribution >= 0.6 is 0 Å². The lowest BCUT2D eigenvalue weighted by Crippen LogP contribution is -2.45. The molecule has 0 aromatic rings. The fraction of sp³-hybridized carbons (Fsp3) is 0.889. The maximum Gasteiger partial charge on any atom is 0.156 e. The monoisotopic (exact) mass is 203 g/mol. The van der Waals surface area contributed by atoms with Crippen molar-refractivity contribution < 1.29 is 9.94 Å². The van der Waals surface area contributed by atoms with Gasteiger partial charge in [0.2, 0.25) is 0 Å². The van der Waals surface area contributed by atoms with Crippen LogP contribution in [0.2, 0.25) is 0 Å². The van der Waals surface area contributed by atoms with Gasteiger partial charge in [-0.05, 0) is 27.3 Å². The molecule has 5 nitrogen and oxygen atoms in total. The second-order valence-corrected chi connectivity index (χ2v) is 3.50. The molecule has 0 fully saturated rings. The van der Waals surface area contributed by atoms with Crippen molar-refractivity contribution in [2.24, 2.45) is 10.9 Å². The second kappa shape index (κ2) is 6.62. The van der Waals surface area contributed by atoms with Gasteiger partial charge in [0, 0.05) is 19.8 Å². The molecule has 0 saturated carbocycles. The zero-order valence-corrected chi connectivity index (χ0v) is 9.40. The molecule has 5 heteroatoms. The Kier molecular flexibility index (Phi) is 6.23. The number of amidine groups is 1. The van der Waals surface area contributed by atoms with Crippen LogP contribution in [0.5, 0.6) is 0 Å². The molecule has 84 valence electrons. The molecule has 0 heterocycles. The Morgan fingerprint density at radius 3 is 2.57 bits per heavy atom. The van der Waals surface area contributed by atoms with Crippen molar-refractivity contribution in [3.8, 4) is 0 Å². The van der Waals surface area contributed by atoms with Crippen molar-refractivity contribution >= 4 is 5.84 Å². The summed E-state index contributed by atoms with van der Waals surface area (Å²) in [5.41, 5.74) is 5.51. The molecule has 0 saturated heterocycles. The van der Waals surface area contributed by atoms with E-state index in [1.807, 2.05) is 18.9 Å². The highest BCUT2D eigenvalue weighted by Crippen LogP contribution is 2.06. The Bertz CT molecular complexity index is 185. The summed E-state index contributed by atoms with van der Waals surface area (Å²) in [5.74, 6) is 0.233. The van der Waals surface area contributed by atoms with E-state index in [2.05, 4.69) is 12.1 Å². The van der Waals surface area contributed by atoms with Gasteiger partial charge in [-0.3, -0.25) is 4.90 Å². The molecule has 3 N–H and O–H groups in total. The van der Waals surface area contributed by atoms with E-state index >= 15 is 0 Å². The molecule has 2 unspecified atom stereocenters. The Morgan fingerprint density at radius 1 is 1.57 bits per heavy atom. The van der Waals surface area contributed by atoms with Gasteiger partial charge in [-0.25, -0.2) is 0 Å². The van der Waals surface area contributed by atoms with Gasteiger partial charge in [0.1, 0.15) is 0 Å². The molecule has 14 heavy (non-hydrogen) atoms. The maximum absolute atomic E-state index is 8.52. The summed E-state index contributed by atoms with van der Waals surface area (Å²) in [6, 6.07) is 0.275. The van der Waals surface area contributed by atoms with Crippen molar-refractivity contribution in [3.63, 3.8) is 0 Å². The van der Waals surface area contributed by atoms with Gasteiger partial charge < -0.3 is 15.7 Å². The molecule has 0 aromatic heterocycles. The van der Waals surface area contributed by atoms with Crippen LogP contribution in [0.1, 0.15) is 20.3 Å². The molecular formula is C9H21N3O2. The predicted molar refractivity (Wildman–Crippen MR) is 56.6 cm³/mol. The van der Waals surface area contributed by atoms with Gasteiger partial charge in [0.05, 0.1) is 6.04 Å². The number of hydrogen-bond acceptors (Lipinski definition) is 4. The summed E-state index contributed by atoms with van der Waals surface area (Å²) in [6.07, 6.45) is 0.927. The molecule has 0 aromatic carbocycles. The van der Waals surface area contributed by atoms with Crippen LogP contribution in [-0.2, 0) is 4.74 Å². The van der Waals surface area contributed by atoms with E-state index in [0.29, 0.717) is 12.6 Å². The average Bonchev–Trinajstić information content (AvgIpc) is 2.22. The topological polar surface area (TPSA) is 71.1 Å². The van der Waals surface area contributed by atoms with E-state index in [0.717, 1.165) is 6.42 Å².